The molecule has 0 radical (unpaired) electrons. The van der Waals surface area contributed by atoms with E-state index in [2.05, 4.69) is 5.32 Å². The minimum atomic E-state index is -0.263. The van der Waals surface area contributed by atoms with Crippen LogP contribution in [-0.4, -0.2) is 52.8 Å². The number of likely N-dealkylation sites (tertiary alicyclic amines) is 2. The topological polar surface area (TPSA) is 65.5 Å². The fourth-order valence-corrected chi connectivity index (χ4v) is 4.79. The van der Waals surface area contributed by atoms with Crippen molar-refractivity contribution >= 4 is 23.2 Å². The lowest BCUT2D eigenvalue weighted by Gasteiger charge is -2.37. The summed E-state index contributed by atoms with van der Waals surface area (Å²) in [6.45, 7) is 6.36. The number of amides is 2. The van der Waals surface area contributed by atoms with Crippen LogP contribution in [0.2, 0.25) is 0 Å². The predicted molar refractivity (Wildman–Crippen MR) is 122 cm³/mol. The number of nitrogens with one attached hydrogen (secondary N) is 1. The SMILES string of the molecule is CC(=O)N1CCC(C(=O)N2CCC[C@H](c3cc(Nc4ccc(F)cc4)cc(C)n3)C2)CC1. The Morgan fingerprint density at radius 3 is 2.41 bits per heavy atom. The average Bonchev–Trinajstić information content (AvgIpc) is 2.80. The van der Waals surface area contributed by atoms with Gasteiger partial charge in [0.15, 0.2) is 0 Å². The molecule has 2 fully saturated rings. The number of rotatable bonds is 4. The number of hydrogen-bond acceptors (Lipinski definition) is 4. The Labute approximate surface area is 188 Å². The van der Waals surface area contributed by atoms with Crippen molar-refractivity contribution in [3.8, 4) is 0 Å². The van der Waals surface area contributed by atoms with Gasteiger partial charge in [-0.25, -0.2) is 4.39 Å². The van der Waals surface area contributed by atoms with Gasteiger partial charge in [0, 0.05) is 67.7 Å². The van der Waals surface area contributed by atoms with Gasteiger partial charge in [-0.05, 0) is 69.0 Å². The van der Waals surface area contributed by atoms with Gasteiger partial charge in [0.1, 0.15) is 5.82 Å². The normalized spacial score (nSPS) is 19.7. The molecule has 1 atom stereocenters. The maximum absolute atomic E-state index is 13.2. The lowest BCUT2D eigenvalue weighted by Crippen LogP contribution is -2.46. The average molecular weight is 439 g/mol. The van der Waals surface area contributed by atoms with Crippen molar-refractivity contribution in [1.29, 1.82) is 0 Å². The zero-order chi connectivity index (χ0) is 22.7. The van der Waals surface area contributed by atoms with Crippen LogP contribution in [-0.2, 0) is 9.59 Å². The molecule has 7 heteroatoms. The Hall–Kier alpha value is -2.96. The molecule has 3 heterocycles. The minimum absolute atomic E-state index is 0.00511. The summed E-state index contributed by atoms with van der Waals surface area (Å²) in [5, 5.41) is 3.33. The Morgan fingerprint density at radius 2 is 1.72 bits per heavy atom. The van der Waals surface area contributed by atoms with Gasteiger partial charge in [0.25, 0.3) is 0 Å². The number of nitrogens with zero attached hydrogens (tertiary/aromatic N) is 3. The highest BCUT2D eigenvalue weighted by Gasteiger charge is 2.32. The highest BCUT2D eigenvalue weighted by atomic mass is 19.1. The fraction of sp³-hybridized carbons (Fsp3) is 0.480. The smallest absolute Gasteiger partial charge is 0.225 e. The molecule has 2 aliphatic heterocycles. The number of carbonyl (C=O) groups excluding carboxylic acids is 2. The number of hydrogen-bond donors (Lipinski definition) is 1. The van der Waals surface area contributed by atoms with Gasteiger partial charge in [-0.1, -0.05) is 0 Å². The molecular formula is C25H31FN4O2. The van der Waals surface area contributed by atoms with E-state index in [1.165, 1.54) is 12.1 Å². The number of aromatic nitrogens is 1. The molecule has 4 rings (SSSR count). The van der Waals surface area contributed by atoms with Gasteiger partial charge in [0.05, 0.1) is 0 Å². The van der Waals surface area contributed by atoms with E-state index >= 15 is 0 Å². The zero-order valence-corrected chi connectivity index (χ0v) is 18.8. The maximum atomic E-state index is 13.2. The molecule has 0 bridgehead atoms. The summed E-state index contributed by atoms with van der Waals surface area (Å²) in [7, 11) is 0. The number of pyridine rings is 1. The van der Waals surface area contributed by atoms with Crippen LogP contribution < -0.4 is 5.32 Å². The summed E-state index contributed by atoms with van der Waals surface area (Å²) >= 11 is 0. The third-order valence-electron chi connectivity index (χ3n) is 6.55. The third-order valence-corrected chi connectivity index (χ3v) is 6.55. The first kappa shape index (κ1) is 22.2. The van der Waals surface area contributed by atoms with Crippen LogP contribution in [0.15, 0.2) is 36.4 Å². The number of piperidine rings is 2. The molecule has 0 saturated carbocycles. The first-order chi connectivity index (χ1) is 15.4. The zero-order valence-electron chi connectivity index (χ0n) is 18.8. The van der Waals surface area contributed by atoms with E-state index in [4.69, 9.17) is 4.98 Å². The maximum Gasteiger partial charge on any atom is 0.225 e. The second-order valence-electron chi connectivity index (χ2n) is 8.96. The first-order valence-corrected chi connectivity index (χ1v) is 11.4. The Kier molecular flexibility index (Phi) is 6.72. The van der Waals surface area contributed by atoms with Crippen molar-refractivity contribution < 1.29 is 14.0 Å². The van der Waals surface area contributed by atoms with E-state index in [-0.39, 0.29) is 29.5 Å². The molecule has 1 aromatic heterocycles. The van der Waals surface area contributed by atoms with Gasteiger partial charge >= 0.3 is 0 Å². The van der Waals surface area contributed by atoms with Crippen molar-refractivity contribution in [3.05, 3.63) is 53.6 Å². The van der Waals surface area contributed by atoms with Crippen LogP contribution in [0.25, 0.3) is 0 Å². The second-order valence-corrected chi connectivity index (χ2v) is 8.96. The Balaban J connectivity index is 1.42. The van der Waals surface area contributed by atoms with Crippen molar-refractivity contribution in [2.45, 2.75) is 45.4 Å². The summed E-state index contributed by atoms with van der Waals surface area (Å²) in [5.41, 5.74) is 3.63. The van der Waals surface area contributed by atoms with Crippen molar-refractivity contribution in [2.75, 3.05) is 31.5 Å². The molecule has 2 amide bonds. The molecule has 0 unspecified atom stereocenters. The van der Waals surface area contributed by atoms with Crippen molar-refractivity contribution in [2.24, 2.45) is 5.92 Å². The standard InChI is InChI=1S/C25H31FN4O2/c1-17-14-23(28-22-7-5-21(26)6-8-22)15-24(27-17)20-4-3-11-30(16-20)25(32)19-9-12-29(13-10-19)18(2)31/h5-8,14-15,19-20H,3-4,9-13,16H2,1-2H3,(H,27,28)/t20-/m0/s1. The molecule has 2 aromatic rings. The monoisotopic (exact) mass is 438 g/mol. The van der Waals surface area contributed by atoms with E-state index < -0.39 is 0 Å². The quantitative estimate of drug-likeness (QED) is 0.776. The molecular weight excluding hydrogens is 407 g/mol. The second kappa shape index (κ2) is 9.67. The predicted octanol–water partition coefficient (Wildman–Crippen LogP) is 4.24. The molecule has 2 aliphatic rings. The number of anilines is 2. The molecule has 32 heavy (non-hydrogen) atoms. The number of carbonyl (C=O) groups is 2. The summed E-state index contributed by atoms with van der Waals surface area (Å²) in [4.78, 5) is 33.3. The number of benzene rings is 1. The lowest BCUT2D eigenvalue weighted by atomic mass is 9.90. The lowest BCUT2D eigenvalue weighted by molar-refractivity contribution is -0.141. The Morgan fingerprint density at radius 1 is 1.00 bits per heavy atom. The van der Waals surface area contributed by atoms with E-state index in [1.807, 2.05) is 28.9 Å². The summed E-state index contributed by atoms with van der Waals surface area (Å²) < 4.78 is 13.2. The molecule has 0 spiro atoms. The third kappa shape index (κ3) is 5.26. The van der Waals surface area contributed by atoms with E-state index in [9.17, 15) is 14.0 Å². The van der Waals surface area contributed by atoms with Crippen LogP contribution in [0.3, 0.4) is 0 Å². The number of halogens is 1. The van der Waals surface area contributed by atoms with Gasteiger partial charge in [-0.2, -0.15) is 0 Å². The van der Waals surface area contributed by atoms with Gasteiger partial charge in [-0.3, -0.25) is 14.6 Å². The van der Waals surface area contributed by atoms with Crippen molar-refractivity contribution in [1.82, 2.24) is 14.8 Å². The Bertz CT molecular complexity index is 970. The van der Waals surface area contributed by atoms with E-state index in [0.29, 0.717) is 19.6 Å². The van der Waals surface area contributed by atoms with E-state index in [1.54, 1.807) is 19.1 Å². The minimum Gasteiger partial charge on any atom is -0.355 e. The van der Waals surface area contributed by atoms with Crippen LogP contribution in [0, 0.1) is 18.7 Å². The fourth-order valence-electron chi connectivity index (χ4n) is 4.79. The van der Waals surface area contributed by atoms with Gasteiger partial charge in [-0.15, -0.1) is 0 Å². The first-order valence-electron chi connectivity index (χ1n) is 11.4. The van der Waals surface area contributed by atoms with Crippen LogP contribution in [0.5, 0.6) is 0 Å². The van der Waals surface area contributed by atoms with Crippen molar-refractivity contribution in [3.63, 3.8) is 0 Å². The summed E-state index contributed by atoms with van der Waals surface area (Å²) in [5.74, 6) is 0.241. The van der Waals surface area contributed by atoms with Gasteiger partial charge in [0.2, 0.25) is 11.8 Å². The van der Waals surface area contributed by atoms with Gasteiger partial charge < -0.3 is 15.1 Å². The molecule has 170 valence electrons. The van der Waals surface area contributed by atoms with E-state index in [0.717, 1.165) is 55.0 Å². The molecule has 1 N–H and O–H groups in total. The largest absolute Gasteiger partial charge is 0.355 e. The summed E-state index contributed by atoms with van der Waals surface area (Å²) in [6, 6.07) is 10.3. The molecule has 6 nitrogen and oxygen atoms in total. The highest BCUT2D eigenvalue weighted by Crippen LogP contribution is 2.30. The molecule has 0 aliphatic carbocycles. The van der Waals surface area contributed by atoms with Crippen LogP contribution >= 0.6 is 0 Å². The van der Waals surface area contributed by atoms with Crippen LogP contribution in [0.1, 0.15) is 49.9 Å². The molecule has 2 saturated heterocycles. The van der Waals surface area contributed by atoms with Crippen LogP contribution in [0.4, 0.5) is 15.8 Å². The number of aryl methyl sites for hydroxylation is 1. The summed E-state index contributed by atoms with van der Waals surface area (Å²) in [6.07, 6.45) is 3.44. The molecule has 1 aromatic carbocycles. The highest BCUT2D eigenvalue weighted by molar-refractivity contribution is 5.80.